The largest absolute Gasteiger partial charge is 0.484 e. The van der Waals surface area contributed by atoms with Gasteiger partial charge in [0.2, 0.25) is 10.0 Å². The molecule has 0 saturated carbocycles. The molecule has 1 saturated heterocycles. The summed E-state index contributed by atoms with van der Waals surface area (Å²) in [7, 11) is -3.17. The van der Waals surface area contributed by atoms with Crippen molar-refractivity contribution in [3.63, 3.8) is 0 Å². The quantitative estimate of drug-likeness (QED) is 0.640. The van der Waals surface area contributed by atoms with Crippen molar-refractivity contribution >= 4 is 27.9 Å². The van der Waals surface area contributed by atoms with Crippen LogP contribution in [0.3, 0.4) is 0 Å². The number of amides is 1. The molecule has 10 nitrogen and oxygen atoms in total. The summed E-state index contributed by atoms with van der Waals surface area (Å²) in [6.45, 7) is 5.12. The Morgan fingerprint density at radius 3 is 1.93 bits per heavy atom. The summed E-state index contributed by atoms with van der Waals surface area (Å²) in [6, 6.07) is 7.51. The number of ether oxygens (including phenoxy) is 1. The van der Waals surface area contributed by atoms with E-state index in [1.807, 2.05) is 31.2 Å². The first-order valence-corrected chi connectivity index (χ1v) is 10.1. The fourth-order valence-corrected chi connectivity index (χ4v) is 3.35. The van der Waals surface area contributed by atoms with Gasteiger partial charge < -0.3 is 19.8 Å². The lowest BCUT2D eigenvalue weighted by molar-refractivity contribution is -0.159. The average molecular weight is 416 g/mol. The van der Waals surface area contributed by atoms with E-state index >= 15 is 0 Å². The van der Waals surface area contributed by atoms with Crippen LogP contribution in [0, 0.1) is 6.92 Å². The van der Waals surface area contributed by atoms with Crippen molar-refractivity contribution in [3.05, 3.63) is 29.8 Å². The molecule has 1 aliphatic rings. The number of hydrogen-bond acceptors (Lipinski definition) is 6. The van der Waals surface area contributed by atoms with E-state index in [4.69, 9.17) is 24.5 Å². The van der Waals surface area contributed by atoms with Gasteiger partial charge in [-0.15, -0.1) is 0 Å². The third-order valence-corrected chi connectivity index (χ3v) is 5.80. The molecule has 2 rings (SSSR count). The van der Waals surface area contributed by atoms with Gasteiger partial charge in [0.25, 0.3) is 5.91 Å². The van der Waals surface area contributed by atoms with Gasteiger partial charge in [-0.3, -0.25) is 4.79 Å². The van der Waals surface area contributed by atoms with E-state index in [0.29, 0.717) is 31.9 Å². The molecule has 0 radical (unpaired) electrons. The molecular formula is C17H24N2O8S. The number of carbonyl (C=O) groups is 3. The van der Waals surface area contributed by atoms with Crippen molar-refractivity contribution < 1.29 is 37.8 Å². The van der Waals surface area contributed by atoms with E-state index in [2.05, 4.69) is 0 Å². The lowest BCUT2D eigenvalue weighted by Gasteiger charge is -2.33. The lowest BCUT2D eigenvalue weighted by Crippen LogP contribution is -2.51. The van der Waals surface area contributed by atoms with Crippen molar-refractivity contribution in [2.45, 2.75) is 13.8 Å². The molecule has 0 aromatic heterocycles. The van der Waals surface area contributed by atoms with E-state index in [-0.39, 0.29) is 18.3 Å². The average Bonchev–Trinajstić information content (AvgIpc) is 2.67. The molecule has 1 amide bonds. The van der Waals surface area contributed by atoms with Gasteiger partial charge in [0.1, 0.15) is 5.75 Å². The van der Waals surface area contributed by atoms with Crippen LogP contribution >= 0.6 is 0 Å². The summed E-state index contributed by atoms with van der Waals surface area (Å²) in [5.41, 5.74) is 1.13. The van der Waals surface area contributed by atoms with Crippen LogP contribution in [0.5, 0.6) is 5.75 Å². The third-order valence-electron chi connectivity index (χ3n) is 3.92. The smallest absolute Gasteiger partial charge is 0.414 e. The number of piperazine rings is 1. The fourth-order valence-electron chi connectivity index (χ4n) is 2.27. The molecule has 0 unspecified atom stereocenters. The van der Waals surface area contributed by atoms with Crippen LogP contribution < -0.4 is 4.74 Å². The minimum absolute atomic E-state index is 0.0242. The van der Waals surface area contributed by atoms with Crippen LogP contribution in [0.15, 0.2) is 24.3 Å². The van der Waals surface area contributed by atoms with Gasteiger partial charge in [-0.1, -0.05) is 17.7 Å². The number of carboxylic acids is 2. The summed E-state index contributed by atoms with van der Waals surface area (Å²) in [5.74, 6) is -3.01. The Labute approximate surface area is 163 Å². The summed E-state index contributed by atoms with van der Waals surface area (Å²) in [5, 5.41) is 14.8. The molecule has 1 aromatic carbocycles. The highest BCUT2D eigenvalue weighted by Gasteiger charge is 2.27. The number of aryl methyl sites for hydroxylation is 1. The first-order valence-electron chi connectivity index (χ1n) is 8.48. The maximum Gasteiger partial charge on any atom is 0.414 e. The molecule has 0 atom stereocenters. The maximum atomic E-state index is 12.1. The van der Waals surface area contributed by atoms with Gasteiger partial charge in [-0.05, 0) is 26.0 Å². The highest BCUT2D eigenvalue weighted by atomic mass is 32.2. The summed E-state index contributed by atoms with van der Waals surface area (Å²) < 4.78 is 30.4. The predicted molar refractivity (Wildman–Crippen MR) is 99.6 cm³/mol. The molecule has 1 aromatic rings. The Balaban J connectivity index is 0.000000568. The second-order valence-corrected chi connectivity index (χ2v) is 8.15. The van der Waals surface area contributed by atoms with Crippen LogP contribution in [0.2, 0.25) is 0 Å². The second kappa shape index (κ2) is 10.6. The lowest BCUT2D eigenvalue weighted by atomic mass is 10.2. The van der Waals surface area contributed by atoms with Crippen LogP contribution in [0.1, 0.15) is 12.5 Å². The van der Waals surface area contributed by atoms with Crippen molar-refractivity contribution in [1.29, 1.82) is 0 Å². The van der Waals surface area contributed by atoms with Crippen molar-refractivity contribution in [3.8, 4) is 5.75 Å². The molecule has 1 heterocycles. The van der Waals surface area contributed by atoms with Gasteiger partial charge in [0, 0.05) is 26.2 Å². The first kappa shape index (κ1) is 23.4. The molecule has 0 spiro atoms. The van der Waals surface area contributed by atoms with Gasteiger partial charge >= 0.3 is 11.9 Å². The van der Waals surface area contributed by atoms with Crippen LogP contribution in [0.4, 0.5) is 0 Å². The van der Waals surface area contributed by atoms with Crippen molar-refractivity contribution in [2.24, 2.45) is 0 Å². The maximum absolute atomic E-state index is 12.1. The predicted octanol–water partition coefficient (Wildman–Crippen LogP) is 0.0233. The van der Waals surface area contributed by atoms with Crippen LogP contribution in [-0.4, -0.2) is 84.2 Å². The zero-order chi connectivity index (χ0) is 21.3. The van der Waals surface area contributed by atoms with E-state index in [1.54, 1.807) is 11.8 Å². The number of carboxylic acid groups (broad SMARTS) is 2. The number of aliphatic carboxylic acids is 2. The van der Waals surface area contributed by atoms with E-state index < -0.39 is 22.0 Å². The molecule has 28 heavy (non-hydrogen) atoms. The summed E-state index contributed by atoms with van der Waals surface area (Å²) >= 11 is 0. The van der Waals surface area contributed by atoms with Crippen molar-refractivity contribution in [2.75, 3.05) is 38.5 Å². The number of carbonyl (C=O) groups excluding carboxylic acids is 1. The number of rotatable bonds is 5. The normalized spacial score (nSPS) is 14.6. The molecule has 2 N–H and O–H groups in total. The van der Waals surface area contributed by atoms with Crippen LogP contribution in [-0.2, 0) is 24.4 Å². The van der Waals surface area contributed by atoms with Crippen LogP contribution in [0.25, 0.3) is 0 Å². The summed E-state index contributed by atoms with van der Waals surface area (Å²) in [6.07, 6.45) is 0. The SMILES string of the molecule is CCS(=O)(=O)N1CCN(C(=O)COc2ccc(C)cc2)CC1.O=C(O)C(=O)O. The highest BCUT2D eigenvalue weighted by Crippen LogP contribution is 2.12. The Morgan fingerprint density at radius 2 is 1.50 bits per heavy atom. The minimum atomic E-state index is -3.17. The number of benzene rings is 1. The molecule has 1 fully saturated rings. The Bertz CT molecular complexity index is 772. The Morgan fingerprint density at radius 1 is 1.00 bits per heavy atom. The minimum Gasteiger partial charge on any atom is -0.484 e. The van der Waals surface area contributed by atoms with Gasteiger partial charge in [-0.2, -0.15) is 4.31 Å². The van der Waals surface area contributed by atoms with Crippen molar-refractivity contribution in [1.82, 2.24) is 9.21 Å². The second-order valence-electron chi connectivity index (χ2n) is 5.89. The van der Waals surface area contributed by atoms with Gasteiger partial charge in [0.05, 0.1) is 5.75 Å². The summed E-state index contributed by atoms with van der Waals surface area (Å²) in [4.78, 5) is 31.9. The fraction of sp³-hybridized carbons (Fsp3) is 0.471. The number of hydrogen-bond donors (Lipinski definition) is 2. The first-order chi connectivity index (χ1) is 13.1. The van der Waals surface area contributed by atoms with Gasteiger partial charge in [-0.25, -0.2) is 18.0 Å². The van der Waals surface area contributed by atoms with E-state index in [0.717, 1.165) is 5.56 Å². The number of sulfonamides is 1. The molecule has 156 valence electrons. The number of nitrogens with zero attached hydrogens (tertiary/aromatic N) is 2. The molecule has 0 bridgehead atoms. The topological polar surface area (TPSA) is 142 Å². The standard InChI is InChI=1S/C15H22N2O4S.C2H2O4/c1-3-22(19,20)17-10-8-16(9-11-17)15(18)12-21-14-6-4-13(2)5-7-14;3-1(4)2(5)6/h4-7H,3,8-12H2,1-2H3;(H,3,4)(H,5,6). The molecule has 11 heteroatoms. The molecular weight excluding hydrogens is 392 g/mol. The molecule has 0 aliphatic carbocycles. The van der Waals surface area contributed by atoms with E-state index in [1.165, 1.54) is 4.31 Å². The van der Waals surface area contributed by atoms with Gasteiger partial charge in [0.15, 0.2) is 6.61 Å². The zero-order valence-electron chi connectivity index (χ0n) is 15.7. The highest BCUT2D eigenvalue weighted by molar-refractivity contribution is 7.89. The third kappa shape index (κ3) is 7.53. The Hall–Kier alpha value is -2.66. The monoisotopic (exact) mass is 416 g/mol. The molecule has 1 aliphatic heterocycles. The Kier molecular flexibility index (Phi) is 8.86. The van der Waals surface area contributed by atoms with E-state index in [9.17, 15) is 13.2 Å². The zero-order valence-corrected chi connectivity index (χ0v) is 16.5.